The van der Waals surface area contributed by atoms with E-state index in [0.29, 0.717) is 12.6 Å². The van der Waals surface area contributed by atoms with Crippen molar-refractivity contribution in [2.75, 3.05) is 13.2 Å². The van der Waals surface area contributed by atoms with Crippen LogP contribution < -0.4 is 0 Å². The summed E-state index contributed by atoms with van der Waals surface area (Å²) in [7, 11) is 0. The number of rotatable bonds is 5. The Hall–Kier alpha value is -2.16. The van der Waals surface area contributed by atoms with E-state index >= 15 is 0 Å². The van der Waals surface area contributed by atoms with E-state index in [1.807, 2.05) is 22.2 Å². The Balaban J connectivity index is 1.26. The van der Waals surface area contributed by atoms with Crippen LogP contribution in [-0.2, 0) is 36.3 Å². The Morgan fingerprint density at radius 1 is 1.27 bits per heavy atom. The molecule has 5 heterocycles. The zero-order valence-corrected chi connectivity index (χ0v) is 18.4. The lowest BCUT2D eigenvalue weighted by molar-refractivity contribution is -0.112. The average molecular weight is 425 g/mol. The van der Waals surface area contributed by atoms with Crippen molar-refractivity contribution in [2.45, 2.75) is 64.3 Å². The standard InChI is InChI=1S/C22H28N6OS/c1-3-19-10-20-21(30-19)4-9-29-22(20)5-8-27(16(2)11-22)13-18-15-28(26-25-18)14-17-12-23-6-7-24-17/h6-7,10,12,15-16H,3-5,8-9,11,13-14H2,1-2H3/t16-,22+/m0/s1. The van der Waals surface area contributed by atoms with Crippen LogP contribution in [0.2, 0.25) is 0 Å². The van der Waals surface area contributed by atoms with E-state index in [4.69, 9.17) is 4.74 Å². The maximum Gasteiger partial charge on any atom is 0.0969 e. The Kier molecular flexibility index (Phi) is 5.39. The average Bonchev–Trinajstić information content (AvgIpc) is 3.38. The number of ether oxygens (including phenoxy) is 1. The van der Waals surface area contributed by atoms with E-state index < -0.39 is 0 Å². The lowest BCUT2D eigenvalue weighted by Crippen LogP contribution is -2.50. The molecule has 0 aromatic carbocycles. The van der Waals surface area contributed by atoms with Crippen LogP contribution in [0.3, 0.4) is 0 Å². The number of fused-ring (bicyclic) bond motifs is 2. The Morgan fingerprint density at radius 3 is 3.00 bits per heavy atom. The Labute approximate surface area is 181 Å². The van der Waals surface area contributed by atoms with Gasteiger partial charge in [0.25, 0.3) is 0 Å². The van der Waals surface area contributed by atoms with Crippen molar-refractivity contribution < 1.29 is 4.74 Å². The van der Waals surface area contributed by atoms with Gasteiger partial charge in [0.05, 0.1) is 42.5 Å². The summed E-state index contributed by atoms with van der Waals surface area (Å²) in [6.07, 6.45) is 11.4. The molecular weight excluding hydrogens is 396 g/mol. The second-order valence-corrected chi connectivity index (χ2v) is 9.60. The summed E-state index contributed by atoms with van der Waals surface area (Å²) in [6.45, 7) is 7.82. The van der Waals surface area contributed by atoms with Gasteiger partial charge in [-0.2, -0.15) is 0 Å². The molecule has 1 saturated heterocycles. The van der Waals surface area contributed by atoms with Gasteiger partial charge in [-0.15, -0.1) is 16.4 Å². The van der Waals surface area contributed by atoms with E-state index in [0.717, 1.165) is 56.8 Å². The largest absolute Gasteiger partial charge is 0.370 e. The molecule has 0 unspecified atom stereocenters. The Morgan fingerprint density at radius 2 is 2.20 bits per heavy atom. The lowest BCUT2D eigenvalue weighted by Gasteiger charge is -2.47. The number of aryl methyl sites for hydroxylation is 1. The minimum Gasteiger partial charge on any atom is -0.370 e. The van der Waals surface area contributed by atoms with Crippen LogP contribution in [0.1, 0.15) is 53.4 Å². The van der Waals surface area contributed by atoms with Crippen molar-refractivity contribution in [3.05, 3.63) is 57.6 Å². The van der Waals surface area contributed by atoms with E-state index in [1.165, 1.54) is 10.4 Å². The van der Waals surface area contributed by atoms with Gasteiger partial charge in [0.15, 0.2) is 0 Å². The van der Waals surface area contributed by atoms with Gasteiger partial charge in [-0.25, -0.2) is 4.68 Å². The summed E-state index contributed by atoms with van der Waals surface area (Å²) in [6, 6.07) is 2.85. The first-order valence-electron chi connectivity index (χ1n) is 10.8. The van der Waals surface area contributed by atoms with Gasteiger partial charge < -0.3 is 4.74 Å². The molecule has 0 N–H and O–H groups in total. The first-order chi connectivity index (χ1) is 14.6. The normalized spacial score (nSPS) is 24.3. The molecule has 3 aromatic heterocycles. The summed E-state index contributed by atoms with van der Waals surface area (Å²) in [5, 5.41) is 8.66. The molecule has 0 radical (unpaired) electrons. The van der Waals surface area contributed by atoms with Crippen molar-refractivity contribution in [1.82, 2.24) is 29.9 Å². The fraction of sp³-hybridized carbons (Fsp3) is 0.545. The highest BCUT2D eigenvalue weighted by atomic mass is 32.1. The molecule has 1 spiro atoms. The zero-order chi connectivity index (χ0) is 20.6. The second-order valence-electron chi connectivity index (χ2n) is 8.37. The quantitative estimate of drug-likeness (QED) is 0.627. The van der Waals surface area contributed by atoms with Gasteiger partial charge in [-0.1, -0.05) is 12.1 Å². The number of hydrogen-bond acceptors (Lipinski definition) is 7. The number of aromatic nitrogens is 5. The molecule has 0 aliphatic carbocycles. The Bertz CT molecular complexity index is 1000. The molecule has 2 atom stereocenters. The molecule has 0 bridgehead atoms. The third-order valence-corrected chi connectivity index (χ3v) is 7.69. The first-order valence-corrected chi connectivity index (χ1v) is 11.6. The minimum absolute atomic E-state index is 0.100. The molecule has 2 aliphatic rings. The molecule has 0 saturated carbocycles. The van der Waals surface area contributed by atoms with Gasteiger partial charge >= 0.3 is 0 Å². The van der Waals surface area contributed by atoms with E-state index in [2.05, 4.69) is 45.1 Å². The zero-order valence-electron chi connectivity index (χ0n) is 17.6. The number of likely N-dealkylation sites (tertiary alicyclic amines) is 1. The highest BCUT2D eigenvalue weighted by Crippen LogP contribution is 2.46. The van der Waals surface area contributed by atoms with Crippen molar-refractivity contribution >= 4 is 11.3 Å². The molecule has 8 heteroatoms. The molecule has 0 amide bonds. The summed E-state index contributed by atoms with van der Waals surface area (Å²) in [4.78, 5) is 14.0. The maximum atomic E-state index is 6.47. The van der Waals surface area contributed by atoms with Gasteiger partial charge in [-0.3, -0.25) is 14.9 Å². The van der Waals surface area contributed by atoms with Crippen LogP contribution in [0.25, 0.3) is 0 Å². The number of thiophene rings is 1. The van der Waals surface area contributed by atoms with E-state index in [-0.39, 0.29) is 5.60 Å². The molecule has 158 valence electrons. The minimum atomic E-state index is -0.100. The third kappa shape index (κ3) is 3.79. The molecule has 5 rings (SSSR count). The van der Waals surface area contributed by atoms with Gasteiger partial charge in [0, 0.05) is 47.7 Å². The molecule has 2 aliphatic heterocycles. The molecular formula is C22H28N6OS. The lowest BCUT2D eigenvalue weighted by atomic mass is 9.79. The van der Waals surface area contributed by atoms with Crippen LogP contribution in [-0.4, -0.2) is 49.1 Å². The van der Waals surface area contributed by atoms with Crippen LogP contribution in [0.4, 0.5) is 0 Å². The van der Waals surface area contributed by atoms with E-state index in [1.54, 1.807) is 23.5 Å². The first kappa shape index (κ1) is 19.8. The van der Waals surface area contributed by atoms with Crippen LogP contribution in [0.15, 0.2) is 30.9 Å². The monoisotopic (exact) mass is 424 g/mol. The fourth-order valence-corrected chi connectivity index (χ4v) is 5.96. The van der Waals surface area contributed by atoms with Gasteiger partial charge in [0.2, 0.25) is 0 Å². The second kappa shape index (κ2) is 8.17. The van der Waals surface area contributed by atoms with Gasteiger partial charge in [-0.05, 0) is 37.8 Å². The summed E-state index contributed by atoms with van der Waals surface area (Å²) in [5.41, 5.74) is 3.25. The fourth-order valence-electron chi connectivity index (χ4n) is 4.78. The molecule has 1 fully saturated rings. The van der Waals surface area contributed by atoms with Gasteiger partial charge in [0.1, 0.15) is 0 Å². The number of hydrogen-bond donors (Lipinski definition) is 0. The van der Waals surface area contributed by atoms with Crippen LogP contribution in [0.5, 0.6) is 0 Å². The van der Waals surface area contributed by atoms with E-state index in [9.17, 15) is 0 Å². The topological polar surface area (TPSA) is 69.0 Å². The number of piperidine rings is 1. The predicted molar refractivity (Wildman–Crippen MR) is 115 cm³/mol. The molecule has 30 heavy (non-hydrogen) atoms. The summed E-state index contributed by atoms with van der Waals surface area (Å²) in [5.74, 6) is 0. The van der Waals surface area contributed by atoms with Crippen molar-refractivity contribution in [2.24, 2.45) is 0 Å². The highest BCUT2D eigenvalue weighted by molar-refractivity contribution is 7.12. The van der Waals surface area contributed by atoms with Crippen molar-refractivity contribution in [1.29, 1.82) is 0 Å². The smallest absolute Gasteiger partial charge is 0.0969 e. The maximum absolute atomic E-state index is 6.47. The SMILES string of the molecule is CCc1cc2c(s1)CCO[C@@]21CCN(Cc2cn(Cc3cnccn3)nn2)[C@@H](C)C1. The predicted octanol–water partition coefficient (Wildman–Crippen LogP) is 3.19. The van der Waals surface area contributed by atoms with Crippen molar-refractivity contribution in [3.8, 4) is 0 Å². The molecule has 7 nitrogen and oxygen atoms in total. The summed E-state index contributed by atoms with van der Waals surface area (Å²) >= 11 is 1.99. The summed E-state index contributed by atoms with van der Waals surface area (Å²) < 4.78 is 8.30. The number of nitrogens with zero attached hydrogens (tertiary/aromatic N) is 6. The van der Waals surface area contributed by atoms with Crippen LogP contribution in [0, 0.1) is 0 Å². The highest BCUT2D eigenvalue weighted by Gasteiger charge is 2.44. The van der Waals surface area contributed by atoms with Crippen molar-refractivity contribution in [3.63, 3.8) is 0 Å². The third-order valence-electron chi connectivity index (χ3n) is 6.35. The molecule has 3 aromatic rings. The van der Waals surface area contributed by atoms with Crippen LogP contribution >= 0.6 is 11.3 Å².